The maximum Gasteiger partial charge on any atom is 0.416 e. The van der Waals surface area contributed by atoms with Gasteiger partial charge in [0, 0.05) is 7.11 Å². The van der Waals surface area contributed by atoms with Gasteiger partial charge in [0.1, 0.15) is 18.1 Å². The molecule has 2 aromatic rings. The third-order valence-electron chi connectivity index (χ3n) is 3.68. The predicted octanol–water partition coefficient (Wildman–Crippen LogP) is 4.77. The second-order valence-corrected chi connectivity index (χ2v) is 5.91. The zero-order chi connectivity index (χ0) is 22.4. The van der Waals surface area contributed by atoms with Crippen LogP contribution in [0.1, 0.15) is 11.1 Å². The molecule has 0 bridgehead atoms. The number of hydrogen-bond acceptors (Lipinski definition) is 4. The molecule has 2 aromatic carbocycles. The molecule has 0 aliphatic rings. The van der Waals surface area contributed by atoms with Crippen molar-refractivity contribution >= 4 is 11.6 Å². The fourth-order valence-electron chi connectivity index (χ4n) is 2.24. The molecule has 0 heterocycles. The molecule has 0 atom stereocenters. The molecular weight excluding hydrogens is 420 g/mol. The van der Waals surface area contributed by atoms with E-state index in [0.29, 0.717) is 6.07 Å². The maximum absolute atomic E-state index is 13.0. The van der Waals surface area contributed by atoms with Crippen molar-refractivity contribution in [2.45, 2.75) is 12.4 Å². The van der Waals surface area contributed by atoms with Gasteiger partial charge in [-0.1, -0.05) is 0 Å². The average Bonchev–Trinajstić information content (AvgIpc) is 2.66. The number of alkyl halides is 6. The standard InChI is InChI=1S/C19H17F6NO4/c1-28-8-9-29-16-7-4-13(19(23,24)25)10-15(16)26-17(27)11-30-14-5-2-12(3-6-14)18(20,21)22/h2-7,10H,8-9,11H2,1H3,(H,26,27). The number of halogens is 6. The molecule has 0 radical (unpaired) electrons. The number of carbonyl (C=O) groups excluding carboxylic acids is 1. The van der Waals surface area contributed by atoms with E-state index in [-0.39, 0.29) is 30.4 Å². The van der Waals surface area contributed by atoms with Crippen molar-refractivity contribution in [3.63, 3.8) is 0 Å². The number of hydrogen-bond donors (Lipinski definition) is 1. The Labute approximate surface area is 167 Å². The topological polar surface area (TPSA) is 56.8 Å². The van der Waals surface area contributed by atoms with Crippen LogP contribution >= 0.6 is 0 Å². The fraction of sp³-hybridized carbons (Fsp3) is 0.316. The molecule has 1 amide bonds. The number of carbonyl (C=O) groups is 1. The lowest BCUT2D eigenvalue weighted by atomic mass is 10.1. The molecule has 0 unspecified atom stereocenters. The Kier molecular flexibility index (Phi) is 7.54. The molecule has 0 aliphatic carbocycles. The lowest BCUT2D eigenvalue weighted by Gasteiger charge is -2.15. The smallest absolute Gasteiger partial charge is 0.416 e. The zero-order valence-electron chi connectivity index (χ0n) is 15.6. The van der Waals surface area contributed by atoms with Crippen LogP contribution in [0, 0.1) is 0 Å². The van der Waals surface area contributed by atoms with Crippen molar-refractivity contribution in [2.75, 3.05) is 32.2 Å². The van der Waals surface area contributed by atoms with Crippen LogP contribution in [-0.4, -0.2) is 32.8 Å². The first-order chi connectivity index (χ1) is 14.0. The molecule has 30 heavy (non-hydrogen) atoms. The summed E-state index contributed by atoms with van der Waals surface area (Å²) in [5, 5.41) is 2.25. The molecule has 0 fully saturated rings. The Morgan fingerprint density at radius 3 is 2.03 bits per heavy atom. The average molecular weight is 437 g/mol. The zero-order valence-corrected chi connectivity index (χ0v) is 15.6. The second-order valence-electron chi connectivity index (χ2n) is 5.91. The summed E-state index contributed by atoms with van der Waals surface area (Å²) >= 11 is 0. The normalized spacial score (nSPS) is 11.8. The quantitative estimate of drug-likeness (QED) is 0.478. The van der Waals surface area contributed by atoms with Gasteiger partial charge in [0.05, 0.1) is 23.4 Å². The van der Waals surface area contributed by atoms with Gasteiger partial charge < -0.3 is 19.5 Å². The van der Waals surface area contributed by atoms with Crippen molar-refractivity contribution in [1.82, 2.24) is 0 Å². The third kappa shape index (κ3) is 6.83. The van der Waals surface area contributed by atoms with Crippen molar-refractivity contribution in [1.29, 1.82) is 0 Å². The van der Waals surface area contributed by atoms with E-state index in [4.69, 9.17) is 14.2 Å². The minimum atomic E-state index is -4.64. The van der Waals surface area contributed by atoms with Gasteiger partial charge in [-0.05, 0) is 42.5 Å². The van der Waals surface area contributed by atoms with E-state index in [1.54, 1.807) is 0 Å². The first-order valence-electron chi connectivity index (χ1n) is 8.43. The first kappa shape index (κ1) is 23.3. The number of benzene rings is 2. The summed E-state index contributed by atoms with van der Waals surface area (Å²) in [4.78, 5) is 12.1. The van der Waals surface area contributed by atoms with Crippen LogP contribution in [0.4, 0.5) is 32.0 Å². The number of amides is 1. The molecule has 0 spiro atoms. The third-order valence-corrected chi connectivity index (χ3v) is 3.68. The van der Waals surface area contributed by atoms with E-state index in [1.165, 1.54) is 7.11 Å². The van der Waals surface area contributed by atoms with Crippen molar-refractivity contribution in [3.05, 3.63) is 53.6 Å². The number of anilines is 1. The van der Waals surface area contributed by atoms with Crippen molar-refractivity contribution in [3.8, 4) is 11.5 Å². The molecule has 0 aromatic heterocycles. The second kappa shape index (κ2) is 9.70. The van der Waals surface area contributed by atoms with Gasteiger partial charge in [-0.15, -0.1) is 0 Å². The SMILES string of the molecule is COCCOc1ccc(C(F)(F)F)cc1NC(=O)COc1ccc(C(F)(F)F)cc1. The first-order valence-corrected chi connectivity index (χ1v) is 8.43. The van der Waals surface area contributed by atoms with Crippen LogP contribution in [0.25, 0.3) is 0 Å². The highest BCUT2D eigenvalue weighted by Crippen LogP contribution is 2.35. The largest absolute Gasteiger partial charge is 0.489 e. The molecule has 1 N–H and O–H groups in total. The van der Waals surface area contributed by atoms with E-state index in [1.807, 2.05) is 0 Å². The highest BCUT2D eigenvalue weighted by atomic mass is 19.4. The van der Waals surface area contributed by atoms with Gasteiger partial charge in [0.25, 0.3) is 5.91 Å². The summed E-state index contributed by atoms with van der Waals surface area (Å²) in [6, 6.07) is 6.18. The van der Waals surface area contributed by atoms with Crippen LogP contribution in [0.5, 0.6) is 11.5 Å². The van der Waals surface area contributed by atoms with Gasteiger partial charge in [0.15, 0.2) is 6.61 Å². The number of ether oxygens (including phenoxy) is 3. The number of methoxy groups -OCH3 is 1. The Bertz CT molecular complexity index is 850. The molecule has 0 saturated heterocycles. The summed E-state index contributed by atoms with van der Waals surface area (Å²) < 4.78 is 91.6. The van der Waals surface area contributed by atoms with E-state index in [2.05, 4.69) is 5.32 Å². The summed E-state index contributed by atoms with van der Waals surface area (Å²) in [5.41, 5.74) is -2.12. The molecule has 5 nitrogen and oxygen atoms in total. The molecular formula is C19H17F6NO4. The minimum Gasteiger partial charge on any atom is -0.489 e. The van der Waals surface area contributed by atoms with E-state index in [9.17, 15) is 31.1 Å². The van der Waals surface area contributed by atoms with Crippen LogP contribution in [-0.2, 0) is 21.9 Å². The van der Waals surface area contributed by atoms with Gasteiger partial charge in [-0.2, -0.15) is 26.3 Å². The Balaban J connectivity index is 2.06. The minimum absolute atomic E-state index is 0.0112. The van der Waals surface area contributed by atoms with E-state index in [0.717, 1.165) is 36.4 Å². The van der Waals surface area contributed by atoms with Gasteiger partial charge >= 0.3 is 12.4 Å². The van der Waals surface area contributed by atoms with E-state index < -0.39 is 36.0 Å². The summed E-state index contributed by atoms with van der Waals surface area (Å²) in [6.07, 6.45) is -9.15. The van der Waals surface area contributed by atoms with Gasteiger partial charge in [-0.25, -0.2) is 0 Å². The highest BCUT2D eigenvalue weighted by Gasteiger charge is 2.32. The predicted molar refractivity (Wildman–Crippen MR) is 94.4 cm³/mol. The van der Waals surface area contributed by atoms with Crippen LogP contribution in [0.3, 0.4) is 0 Å². The number of nitrogens with one attached hydrogen (secondary N) is 1. The Morgan fingerprint density at radius 2 is 1.47 bits per heavy atom. The van der Waals surface area contributed by atoms with Crippen LogP contribution in [0.15, 0.2) is 42.5 Å². The molecule has 0 aliphatic heterocycles. The summed E-state index contributed by atoms with van der Waals surface area (Å²) in [5.74, 6) is -0.854. The van der Waals surface area contributed by atoms with Crippen LogP contribution in [0.2, 0.25) is 0 Å². The number of rotatable bonds is 8. The summed E-state index contributed by atoms with van der Waals surface area (Å²) in [7, 11) is 1.41. The highest BCUT2D eigenvalue weighted by molar-refractivity contribution is 5.93. The Morgan fingerprint density at radius 1 is 0.867 bits per heavy atom. The monoisotopic (exact) mass is 437 g/mol. The van der Waals surface area contributed by atoms with Crippen LogP contribution < -0.4 is 14.8 Å². The lowest BCUT2D eigenvalue weighted by Crippen LogP contribution is -2.21. The van der Waals surface area contributed by atoms with Crippen molar-refractivity contribution in [2.24, 2.45) is 0 Å². The van der Waals surface area contributed by atoms with E-state index >= 15 is 0 Å². The molecule has 2 rings (SSSR count). The molecule has 164 valence electrons. The maximum atomic E-state index is 13.0. The van der Waals surface area contributed by atoms with Crippen molar-refractivity contribution < 1.29 is 45.3 Å². The Hall–Kier alpha value is -2.95. The van der Waals surface area contributed by atoms with Gasteiger partial charge in [0.2, 0.25) is 0 Å². The molecule has 0 saturated carbocycles. The lowest BCUT2D eigenvalue weighted by molar-refractivity contribution is -0.138. The fourth-order valence-corrected chi connectivity index (χ4v) is 2.24. The van der Waals surface area contributed by atoms with Gasteiger partial charge in [-0.3, -0.25) is 4.79 Å². The molecule has 11 heteroatoms. The summed E-state index contributed by atoms with van der Waals surface area (Å²) in [6.45, 7) is -0.433.